The van der Waals surface area contributed by atoms with Crippen molar-refractivity contribution < 1.29 is 22.7 Å². The topological polar surface area (TPSA) is 92.8 Å². The van der Waals surface area contributed by atoms with E-state index in [2.05, 4.69) is 5.32 Å². The van der Waals surface area contributed by atoms with E-state index in [1.807, 2.05) is 0 Å². The lowest BCUT2D eigenvalue weighted by Crippen LogP contribution is -2.40. The fourth-order valence-corrected chi connectivity index (χ4v) is 5.35. The number of ether oxygens (including phenoxy) is 1. The van der Waals surface area contributed by atoms with Gasteiger partial charge in [-0.05, 0) is 50.1 Å². The minimum absolute atomic E-state index is 0.0405. The van der Waals surface area contributed by atoms with Gasteiger partial charge in [-0.1, -0.05) is 35.3 Å². The van der Waals surface area contributed by atoms with Crippen LogP contribution in [0.4, 0.5) is 5.69 Å². The van der Waals surface area contributed by atoms with Gasteiger partial charge in [-0.3, -0.25) is 9.59 Å². The third-order valence-electron chi connectivity index (χ3n) is 5.24. The van der Waals surface area contributed by atoms with E-state index in [1.54, 1.807) is 31.2 Å². The number of hydrogen-bond donors (Lipinski definition) is 1. The summed E-state index contributed by atoms with van der Waals surface area (Å²) in [4.78, 5) is 24.6. The van der Waals surface area contributed by atoms with Crippen molar-refractivity contribution in [3.05, 3.63) is 58.1 Å². The number of carbonyl (C=O) groups is 2. The average molecular weight is 499 g/mol. The lowest BCUT2D eigenvalue weighted by Gasteiger charge is -2.30. The van der Waals surface area contributed by atoms with Crippen molar-refractivity contribution in [1.29, 1.82) is 0 Å². The summed E-state index contributed by atoms with van der Waals surface area (Å²) in [5.41, 5.74) is 0.777. The van der Waals surface area contributed by atoms with Gasteiger partial charge in [0.2, 0.25) is 10.0 Å². The van der Waals surface area contributed by atoms with Crippen LogP contribution in [0, 0.1) is 5.92 Å². The van der Waals surface area contributed by atoms with Crippen molar-refractivity contribution in [3.63, 3.8) is 0 Å². The third-order valence-corrected chi connectivity index (χ3v) is 7.69. The molecule has 1 saturated heterocycles. The van der Waals surface area contributed by atoms with Crippen LogP contribution in [0.25, 0.3) is 0 Å². The molecule has 0 aromatic heterocycles. The molecule has 172 valence electrons. The predicted octanol–water partition coefficient (Wildman–Crippen LogP) is 4.25. The number of anilines is 1. The Bertz CT molecular complexity index is 1100. The highest BCUT2D eigenvalue weighted by Gasteiger charge is 2.33. The number of ketones is 1. The van der Waals surface area contributed by atoms with Gasteiger partial charge in [0.15, 0.2) is 5.78 Å². The Morgan fingerprint density at radius 2 is 1.84 bits per heavy atom. The van der Waals surface area contributed by atoms with Gasteiger partial charge in [0.25, 0.3) is 0 Å². The number of nitrogens with one attached hydrogen (secondary N) is 1. The first-order chi connectivity index (χ1) is 15.2. The van der Waals surface area contributed by atoms with Gasteiger partial charge in [-0.25, -0.2) is 8.42 Å². The fraction of sp³-hybridized carbons (Fsp3) is 0.364. The summed E-state index contributed by atoms with van der Waals surface area (Å²) in [5, 5.41) is 3.83. The van der Waals surface area contributed by atoms with Gasteiger partial charge in [0, 0.05) is 23.7 Å². The maximum Gasteiger partial charge on any atom is 0.309 e. The molecule has 0 unspecified atom stereocenters. The monoisotopic (exact) mass is 498 g/mol. The molecule has 1 fully saturated rings. The molecule has 0 bridgehead atoms. The lowest BCUT2D eigenvalue weighted by molar-refractivity contribution is -0.149. The molecule has 1 N–H and O–H groups in total. The van der Waals surface area contributed by atoms with Crippen LogP contribution in [0.15, 0.2) is 47.4 Å². The van der Waals surface area contributed by atoms with Gasteiger partial charge < -0.3 is 10.1 Å². The molecule has 2 aromatic carbocycles. The highest BCUT2D eigenvalue weighted by molar-refractivity contribution is 7.89. The molecule has 0 atom stereocenters. The molecule has 10 heteroatoms. The van der Waals surface area contributed by atoms with Gasteiger partial charge >= 0.3 is 5.97 Å². The quantitative estimate of drug-likeness (QED) is 0.431. The molecule has 0 spiro atoms. The highest BCUT2D eigenvalue weighted by atomic mass is 35.5. The SMILES string of the molecule is CCOC(=O)C1CCN(S(=O)(=O)c2cccc(C(=O)CNc3cc(Cl)ccc3Cl)c2)CC1. The summed E-state index contributed by atoms with van der Waals surface area (Å²) in [6.07, 6.45) is 0.808. The Labute approximate surface area is 197 Å². The molecule has 0 aliphatic carbocycles. The fourth-order valence-electron chi connectivity index (χ4n) is 3.48. The third kappa shape index (κ3) is 5.81. The summed E-state index contributed by atoms with van der Waals surface area (Å²) in [6, 6.07) is 10.8. The molecular weight excluding hydrogens is 475 g/mol. The smallest absolute Gasteiger partial charge is 0.309 e. The Hall–Kier alpha value is -2.13. The second-order valence-electron chi connectivity index (χ2n) is 7.36. The van der Waals surface area contributed by atoms with Crippen LogP contribution in [0.1, 0.15) is 30.1 Å². The molecule has 1 aliphatic heterocycles. The van der Waals surface area contributed by atoms with E-state index in [0.717, 1.165) is 0 Å². The van der Waals surface area contributed by atoms with Crippen LogP contribution >= 0.6 is 23.2 Å². The van der Waals surface area contributed by atoms with E-state index < -0.39 is 10.0 Å². The van der Waals surface area contributed by atoms with Crippen molar-refractivity contribution in [2.45, 2.75) is 24.7 Å². The zero-order valence-corrected chi connectivity index (χ0v) is 19.8. The van der Waals surface area contributed by atoms with Crippen molar-refractivity contribution in [1.82, 2.24) is 4.31 Å². The Kier molecular flexibility index (Phi) is 8.16. The van der Waals surface area contributed by atoms with Crippen molar-refractivity contribution >= 4 is 50.7 Å². The zero-order valence-electron chi connectivity index (χ0n) is 17.5. The summed E-state index contributed by atoms with van der Waals surface area (Å²) in [5.74, 6) is -0.873. The number of hydrogen-bond acceptors (Lipinski definition) is 6. The highest BCUT2D eigenvalue weighted by Crippen LogP contribution is 2.27. The first-order valence-corrected chi connectivity index (χ1v) is 12.4. The number of sulfonamides is 1. The van der Waals surface area contributed by atoms with Crippen LogP contribution in [-0.4, -0.2) is 50.7 Å². The standard InChI is InChI=1S/C22H24Cl2N2O5S/c1-2-31-22(28)15-8-10-26(11-9-15)32(29,30)18-5-3-4-16(12-18)21(27)14-25-20-13-17(23)6-7-19(20)24/h3-7,12-13,15,25H,2,8-11,14H2,1H3. The molecule has 0 radical (unpaired) electrons. The van der Waals surface area contributed by atoms with Crippen molar-refractivity contribution in [2.75, 3.05) is 31.6 Å². The molecule has 1 heterocycles. The zero-order chi connectivity index (χ0) is 23.3. The number of carbonyl (C=O) groups excluding carboxylic acids is 2. The van der Waals surface area contributed by atoms with Crippen LogP contribution < -0.4 is 5.32 Å². The first-order valence-electron chi connectivity index (χ1n) is 10.2. The van der Waals surface area contributed by atoms with Gasteiger partial charge in [-0.2, -0.15) is 4.31 Å². The molecule has 32 heavy (non-hydrogen) atoms. The van der Waals surface area contributed by atoms with E-state index >= 15 is 0 Å². The number of piperidine rings is 1. The summed E-state index contributed by atoms with van der Waals surface area (Å²) >= 11 is 12.1. The number of rotatable bonds is 8. The van der Waals surface area contributed by atoms with Crippen molar-refractivity contribution in [2.24, 2.45) is 5.92 Å². The largest absolute Gasteiger partial charge is 0.466 e. The van der Waals surface area contributed by atoms with E-state index in [1.165, 1.54) is 22.5 Å². The summed E-state index contributed by atoms with van der Waals surface area (Å²) in [6.45, 7) is 2.41. The van der Waals surface area contributed by atoms with Gasteiger partial charge in [0.05, 0.1) is 34.7 Å². The molecule has 2 aromatic rings. The van der Waals surface area contributed by atoms with Crippen LogP contribution in [-0.2, 0) is 19.6 Å². The number of benzene rings is 2. The van der Waals surface area contributed by atoms with Crippen LogP contribution in [0.5, 0.6) is 0 Å². The minimum atomic E-state index is -3.79. The summed E-state index contributed by atoms with van der Waals surface area (Å²) < 4.78 is 32.5. The predicted molar refractivity (Wildman–Crippen MR) is 124 cm³/mol. The molecule has 1 aliphatic rings. The molecule has 0 amide bonds. The summed E-state index contributed by atoms with van der Waals surface area (Å²) in [7, 11) is -3.79. The first kappa shape index (κ1) is 24.5. The van der Waals surface area contributed by atoms with E-state index in [9.17, 15) is 18.0 Å². The molecule has 7 nitrogen and oxygen atoms in total. The number of esters is 1. The van der Waals surface area contributed by atoms with E-state index in [4.69, 9.17) is 27.9 Å². The minimum Gasteiger partial charge on any atom is -0.466 e. The second kappa shape index (κ2) is 10.7. The molecule has 3 rings (SSSR count). The van der Waals surface area contributed by atoms with Crippen LogP contribution in [0.3, 0.4) is 0 Å². The Morgan fingerprint density at radius 3 is 2.53 bits per heavy atom. The van der Waals surface area contributed by atoms with Crippen molar-refractivity contribution in [3.8, 4) is 0 Å². The number of nitrogens with zero attached hydrogens (tertiary/aromatic N) is 1. The lowest BCUT2D eigenvalue weighted by atomic mass is 9.98. The Balaban J connectivity index is 1.67. The second-order valence-corrected chi connectivity index (χ2v) is 10.1. The van der Waals surface area contributed by atoms with Gasteiger partial charge in [-0.15, -0.1) is 0 Å². The normalized spacial score (nSPS) is 15.3. The molecular formula is C22H24Cl2N2O5S. The number of Topliss-reactive ketones (excluding diaryl/α,β-unsaturated/α-hetero) is 1. The van der Waals surface area contributed by atoms with Gasteiger partial charge in [0.1, 0.15) is 0 Å². The maximum absolute atomic E-state index is 13.1. The maximum atomic E-state index is 13.1. The van der Waals surface area contributed by atoms with E-state index in [0.29, 0.717) is 35.2 Å². The molecule has 0 saturated carbocycles. The Morgan fingerprint density at radius 1 is 1.12 bits per heavy atom. The average Bonchev–Trinajstić information content (AvgIpc) is 2.79. The van der Waals surface area contributed by atoms with Crippen LogP contribution in [0.2, 0.25) is 10.0 Å². The number of halogens is 2. The van der Waals surface area contributed by atoms with E-state index in [-0.39, 0.29) is 47.8 Å².